The second-order valence-electron chi connectivity index (χ2n) is 5.00. The molecule has 1 aliphatic heterocycles. The summed E-state index contributed by atoms with van der Waals surface area (Å²) in [7, 11) is 1.90. The monoisotopic (exact) mass is 224 g/mol. The van der Waals surface area contributed by atoms with Gasteiger partial charge in [-0.1, -0.05) is 5.21 Å². The van der Waals surface area contributed by atoms with Crippen LogP contribution in [0.15, 0.2) is 6.20 Å². The van der Waals surface area contributed by atoms with Crippen LogP contribution in [0.4, 0.5) is 0 Å². The van der Waals surface area contributed by atoms with Crippen LogP contribution in [0.5, 0.6) is 0 Å². The van der Waals surface area contributed by atoms with E-state index in [1.54, 1.807) is 0 Å². The highest BCUT2D eigenvalue weighted by Crippen LogP contribution is 2.29. The van der Waals surface area contributed by atoms with Gasteiger partial charge in [-0.15, -0.1) is 5.10 Å². The van der Waals surface area contributed by atoms with Gasteiger partial charge >= 0.3 is 0 Å². The van der Waals surface area contributed by atoms with Crippen LogP contribution in [0.3, 0.4) is 0 Å². The fourth-order valence-corrected chi connectivity index (χ4v) is 2.10. The Labute approximate surface area is 96.2 Å². The Hall–Kier alpha value is -0.940. The summed E-state index contributed by atoms with van der Waals surface area (Å²) in [5.41, 5.74) is 0.999. The highest BCUT2D eigenvalue weighted by atomic mass is 16.5. The van der Waals surface area contributed by atoms with Crippen LogP contribution in [0.1, 0.15) is 32.4 Å². The fraction of sp³-hybridized carbons (Fsp3) is 0.818. The summed E-state index contributed by atoms with van der Waals surface area (Å²) < 4.78 is 7.79. The first-order chi connectivity index (χ1) is 7.59. The maximum absolute atomic E-state index is 5.92. The van der Waals surface area contributed by atoms with Crippen LogP contribution in [0, 0.1) is 0 Å². The van der Waals surface area contributed by atoms with Crippen molar-refractivity contribution < 1.29 is 4.74 Å². The maximum atomic E-state index is 5.92. The third-order valence-electron chi connectivity index (χ3n) is 2.89. The second kappa shape index (κ2) is 4.51. The van der Waals surface area contributed by atoms with Gasteiger partial charge < -0.3 is 10.1 Å². The summed E-state index contributed by atoms with van der Waals surface area (Å²) >= 11 is 0. The molecule has 1 aromatic heterocycles. The van der Waals surface area contributed by atoms with E-state index in [0.717, 1.165) is 31.6 Å². The molecule has 90 valence electrons. The number of nitrogens with zero attached hydrogens (tertiary/aromatic N) is 3. The normalized spacial score (nSPS) is 23.8. The van der Waals surface area contributed by atoms with Gasteiger partial charge in [-0.3, -0.25) is 0 Å². The number of nitrogens with one attached hydrogen (secondary N) is 1. The fourth-order valence-electron chi connectivity index (χ4n) is 2.10. The van der Waals surface area contributed by atoms with E-state index in [2.05, 4.69) is 29.5 Å². The third-order valence-corrected chi connectivity index (χ3v) is 2.89. The molecule has 0 radical (unpaired) electrons. The van der Waals surface area contributed by atoms with Gasteiger partial charge in [0.1, 0.15) is 0 Å². The molecule has 0 spiro atoms. The SMILES string of the molecule is CNCc1cn(CC2CCC(C)(C)O2)nn1. The van der Waals surface area contributed by atoms with E-state index in [4.69, 9.17) is 4.74 Å². The van der Waals surface area contributed by atoms with Gasteiger partial charge in [0, 0.05) is 12.7 Å². The van der Waals surface area contributed by atoms with Crippen molar-refractivity contribution >= 4 is 0 Å². The summed E-state index contributed by atoms with van der Waals surface area (Å²) in [5, 5.41) is 11.2. The Kier molecular flexibility index (Phi) is 3.25. The average Bonchev–Trinajstić information content (AvgIpc) is 2.75. The Morgan fingerprint density at radius 2 is 2.44 bits per heavy atom. The first-order valence-electron chi connectivity index (χ1n) is 5.80. The lowest BCUT2D eigenvalue weighted by molar-refractivity contribution is -0.0231. The Balaban J connectivity index is 1.89. The first kappa shape index (κ1) is 11.5. The number of hydrogen-bond donors (Lipinski definition) is 1. The Bertz CT molecular complexity index is 348. The molecule has 1 aliphatic rings. The molecule has 5 heteroatoms. The quantitative estimate of drug-likeness (QED) is 0.827. The van der Waals surface area contributed by atoms with Gasteiger partial charge in [-0.05, 0) is 33.7 Å². The molecular weight excluding hydrogens is 204 g/mol. The van der Waals surface area contributed by atoms with Crippen LogP contribution in [0.25, 0.3) is 0 Å². The van der Waals surface area contributed by atoms with Gasteiger partial charge in [0.2, 0.25) is 0 Å². The molecule has 0 saturated carbocycles. The van der Waals surface area contributed by atoms with Gasteiger partial charge in [-0.25, -0.2) is 4.68 Å². The predicted octanol–water partition coefficient (Wildman–Crippen LogP) is 0.955. The van der Waals surface area contributed by atoms with Crippen LogP contribution in [-0.4, -0.2) is 33.7 Å². The highest BCUT2D eigenvalue weighted by Gasteiger charge is 2.31. The average molecular weight is 224 g/mol. The van der Waals surface area contributed by atoms with Crippen LogP contribution in [0.2, 0.25) is 0 Å². The number of rotatable bonds is 4. The first-order valence-corrected chi connectivity index (χ1v) is 5.80. The van der Waals surface area contributed by atoms with Gasteiger partial charge in [0.05, 0.1) is 23.9 Å². The second-order valence-corrected chi connectivity index (χ2v) is 5.00. The molecule has 1 saturated heterocycles. The van der Waals surface area contributed by atoms with Crippen LogP contribution >= 0.6 is 0 Å². The molecule has 1 fully saturated rings. The van der Waals surface area contributed by atoms with Crippen molar-refractivity contribution in [1.82, 2.24) is 20.3 Å². The number of ether oxygens (including phenoxy) is 1. The van der Waals surface area contributed by atoms with Crippen molar-refractivity contribution in [3.8, 4) is 0 Å². The zero-order valence-corrected chi connectivity index (χ0v) is 10.2. The molecule has 1 aromatic rings. The molecule has 0 bridgehead atoms. The number of aromatic nitrogens is 3. The van der Waals surface area contributed by atoms with E-state index >= 15 is 0 Å². The van der Waals surface area contributed by atoms with Crippen molar-refractivity contribution in [2.24, 2.45) is 0 Å². The van der Waals surface area contributed by atoms with Crippen molar-refractivity contribution in [2.45, 2.75) is 51.5 Å². The lowest BCUT2D eigenvalue weighted by atomic mass is 10.1. The van der Waals surface area contributed by atoms with Crippen molar-refractivity contribution in [3.05, 3.63) is 11.9 Å². The van der Waals surface area contributed by atoms with Gasteiger partial charge in [-0.2, -0.15) is 0 Å². The molecule has 1 unspecified atom stereocenters. The summed E-state index contributed by atoms with van der Waals surface area (Å²) in [4.78, 5) is 0. The highest BCUT2D eigenvalue weighted by molar-refractivity contribution is 4.92. The van der Waals surface area contributed by atoms with E-state index in [9.17, 15) is 0 Å². The topological polar surface area (TPSA) is 52.0 Å². The van der Waals surface area contributed by atoms with E-state index in [1.165, 1.54) is 0 Å². The predicted molar refractivity (Wildman–Crippen MR) is 61.0 cm³/mol. The van der Waals surface area contributed by atoms with Crippen LogP contribution < -0.4 is 5.32 Å². The van der Waals surface area contributed by atoms with Crippen LogP contribution in [-0.2, 0) is 17.8 Å². The standard InChI is InChI=1S/C11H20N4O/c1-11(2)5-4-10(16-11)8-15-7-9(6-12-3)13-14-15/h7,10,12H,4-6,8H2,1-3H3. The minimum absolute atomic E-state index is 0.0268. The smallest absolute Gasteiger partial charge is 0.0964 e. The zero-order valence-electron chi connectivity index (χ0n) is 10.2. The van der Waals surface area contributed by atoms with E-state index in [1.807, 2.05) is 17.9 Å². The minimum atomic E-state index is 0.0268. The summed E-state index contributed by atoms with van der Waals surface area (Å²) in [6.07, 6.45) is 4.48. The molecule has 0 aromatic carbocycles. The summed E-state index contributed by atoms with van der Waals surface area (Å²) in [5.74, 6) is 0. The van der Waals surface area contributed by atoms with E-state index < -0.39 is 0 Å². The van der Waals surface area contributed by atoms with E-state index in [-0.39, 0.29) is 11.7 Å². The number of hydrogen-bond acceptors (Lipinski definition) is 4. The minimum Gasteiger partial charge on any atom is -0.370 e. The molecule has 2 rings (SSSR count). The van der Waals surface area contributed by atoms with E-state index in [0.29, 0.717) is 0 Å². The summed E-state index contributed by atoms with van der Waals surface area (Å²) in [6, 6.07) is 0. The molecule has 16 heavy (non-hydrogen) atoms. The van der Waals surface area contributed by atoms with Crippen molar-refractivity contribution in [1.29, 1.82) is 0 Å². The molecule has 0 amide bonds. The molecular formula is C11H20N4O. The van der Waals surface area contributed by atoms with Gasteiger partial charge in [0.15, 0.2) is 0 Å². The lowest BCUT2D eigenvalue weighted by Crippen LogP contribution is -2.23. The molecule has 0 aliphatic carbocycles. The van der Waals surface area contributed by atoms with Gasteiger partial charge in [0.25, 0.3) is 0 Å². The van der Waals surface area contributed by atoms with Crippen molar-refractivity contribution in [3.63, 3.8) is 0 Å². The molecule has 1 atom stereocenters. The Morgan fingerprint density at radius 1 is 1.62 bits per heavy atom. The van der Waals surface area contributed by atoms with Crippen molar-refractivity contribution in [2.75, 3.05) is 7.05 Å². The molecule has 1 N–H and O–H groups in total. The molecule has 5 nitrogen and oxygen atoms in total. The Morgan fingerprint density at radius 3 is 3.06 bits per heavy atom. The maximum Gasteiger partial charge on any atom is 0.0964 e. The largest absolute Gasteiger partial charge is 0.370 e. The summed E-state index contributed by atoms with van der Waals surface area (Å²) in [6.45, 7) is 5.85. The molecule has 2 heterocycles. The third kappa shape index (κ3) is 2.80. The zero-order chi connectivity index (χ0) is 11.6. The lowest BCUT2D eigenvalue weighted by Gasteiger charge is -2.18.